The Labute approximate surface area is 126 Å². The van der Waals surface area contributed by atoms with Crippen LogP contribution >= 0.6 is 0 Å². The zero-order chi connectivity index (χ0) is 15.3. The van der Waals surface area contributed by atoms with E-state index in [9.17, 15) is 14.4 Å². The van der Waals surface area contributed by atoms with Crippen molar-refractivity contribution in [2.75, 3.05) is 0 Å². The maximum absolute atomic E-state index is 12.2. The Bertz CT molecular complexity index is 495. The summed E-state index contributed by atoms with van der Waals surface area (Å²) in [4.78, 5) is 35.5. The fourth-order valence-corrected chi connectivity index (χ4v) is 5.70. The van der Waals surface area contributed by atoms with Crippen LogP contribution in [0, 0.1) is 22.7 Å². The lowest BCUT2D eigenvalue weighted by atomic mass is 9.49. The Morgan fingerprint density at radius 3 is 2.81 bits per heavy atom. The molecule has 0 N–H and O–H groups in total. The third-order valence-corrected chi connectivity index (χ3v) is 6.75. The molecule has 0 aliphatic heterocycles. The van der Waals surface area contributed by atoms with Gasteiger partial charge in [-0.2, -0.15) is 0 Å². The average Bonchev–Trinajstić information content (AvgIpc) is 2.70. The van der Waals surface area contributed by atoms with Crippen molar-refractivity contribution in [1.82, 2.24) is 0 Å². The molecule has 21 heavy (non-hydrogen) atoms. The van der Waals surface area contributed by atoms with E-state index in [4.69, 9.17) is 0 Å². The highest BCUT2D eigenvalue weighted by molar-refractivity contribution is 5.85. The smallest absolute Gasteiger partial charge is 0.136 e. The molecule has 2 bridgehead atoms. The Balaban J connectivity index is 1.85. The van der Waals surface area contributed by atoms with Gasteiger partial charge in [-0.3, -0.25) is 9.59 Å². The lowest BCUT2D eigenvalue weighted by Crippen LogP contribution is -2.50. The van der Waals surface area contributed by atoms with Crippen LogP contribution in [0.5, 0.6) is 0 Å². The van der Waals surface area contributed by atoms with Crippen molar-refractivity contribution >= 4 is 17.3 Å². The lowest BCUT2D eigenvalue weighted by molar-refractivity contribution is -0.139. The molecule has 3 heteroatoms. The van der Waals surface area contributed by atoms with E-state index in [1.807, 2.05) is 0 Å². The molecule has 0 heterocycles. The minimum absolute atomic E-state index is 0.00208. The quantitative estimate of drug-likeness (QED) is 0.796. The molecule has 116 valence electrons. The first-order chi connectivity index (χ1) is 9.86. The highest BCUT2D eigenvalue weighted by atomic mass is 16.1. The molecule has 0 aromatic carbocycles. The van der Waals surface area contributed by atoms with Gasteiger partial charge in [0.2, 0.25) is 0 Å². The summed E-state index contributed by atoms with van der Waals surface area (Å²) in [5.74, 6) is 1.65. The van der Waals surface area contributed by atoms with Crippen LogP contribution in [0.2, 0.25) is 0 Å². The number of fused-ring (bicyclic) bond motifs is 1. The molecule has 0 aromatic rings. The monoisotopic (exact) mass is 290 g/mol. The van der Waals surface area contributed by atoms with E-state index in [0.717, 1.165) is 32.1 Å². The molecule has 3 aliphatic carbocycles. The van der Waals surface area contributed by atoms with E-state index in [1.54, 1.807) is 6.92 Å². The minimum Gasteiger partial charge on any atom is -0.300 e. The van der Waals surface area contributed by atoms with Crippen LogP contribution in [0.1, 0.15) is 71.6 Å². The van der Waals surface area contributed by atoms with Crippen molar-refractivity contribution in [3.05, 3.63) is 0 Å². The van der Waals surface area contributed by atoms with Crippen molar-refractivity contribution in [3.63, 3.8) is 0 Å². The second-order valence-corrected chi connectivity index (χ2v) is 7.99. The van der Waals surface area contributed by atoms with Crippen molar-refractivity contribution in [3.8, 4) is 0 Å². The first-order valence-corrected chi connectivity index (χ1v) is 8.40. The molecule has 0 radical (unpaired) electrons. The molecule has 0 amide bonds. The zero-order valence-corrected chi connectivity index (χ0v) is 13.2. The van der Waals surface area contributed by atoms with E-state index in [-0.39, 0.29) is 22.5 Å². The van der Waals surface area contributed by atoms with Crippen molar-refractivity contribution in [1.29, 1.82) is 0 Å². The highest BCUT2D eigenvalue weighted by Gasteiger charge is 2.62. The van der Waals surface area contributed by atoms with Crippen molar-refractivity contribution in [2.24, 2.45) is 22.7 Å². The van der Waals surface area contributed by atoms with Crippen LogP contribution in [0.3, 0.4) is 0 Å². The fourth-order valence-electron chi connectivity index (χ4n) is 5.70. The Hall–Kier alpha value is -0.990. The van der Waals surface area contributed by atoms with Gasteiger partial charge < -0.3 is 4.79 Å². The number of rotatable bonds is 4. The van der Waals surface area contributed by atoms with Crippen LogP contribution < -0.4 is 0 Å². The van der Waals surface area contributed by atoms with Crippen LogP contribution in [0.15, 0.2) is 0 Å². The third kappa shape index (κ3) is 2.29. The maximum atomic E-state index is 12.2. The number of ketones is 3. The minimum atomic E-state index is -0.00208. The summed E-state index contributed by atoms with van der Waals surface area (Å²) in [5.41, 5.74) is 0.189. The Kier molecular flexibility index (Phi) is 3.58. The molecule has 3 rings (SSSR count). The number of carbonyl (C=O) groups excluding carboxylic acids is 3. The molecule has 0 unspecified atom stereocenters. The molecule has 3 fully saturated rings. The van der Waals surface area contributed by atoms with Crippen LogP contribution in [-0.2, 0) is 14.4 Å². The molecule has 4 atom stereocenters. The van der Waals surface area contributed by atoms with E-state index < -0.39 is 0 Å². The van der Waals surface area contributed by atoms with Gasteiger partial charge in [0.15, 0.2) is 0 Å². The molecular formula is C18H26O3. The second-order valence-electron chi connectivity index (χ2n) is 7.99. The van der Waals surface area contributed by atoms with Gasteiger partial charge in [0.1, 0.15) is 17.3 Å². The van der Waals surface area contributed by atoms with Crippen LogP contribution in [0.25, 0.3) is 0 Å². The fraction of sp³-hybridized carbons (Fsp3) is 0.833. The van der Waals surface area contributed by atoms with Gasteiger partial charge >= 0.3 is 0 Å². The molecule has 3 saturated carbocycles. The van der Waals surface area contributed by atoms with Crippen molar-refractivity contribution in [2.45, 2.75) is 71.6 Å². The summed E-state index contributed by atoms with van der Waals surface area (Å²) in [5, 5.41) is 0. The Morgan fingerprint density at radius 1 is 1.33 bits per heavy atom. The normalized spacial score (nSPS) is 42.0. The van der Waals surface area contributed by atoms with Gasteiger partial charge in [-0.05, 0) is 55.8 Å². The first-order valence-electron chi connectivity index (χ1n) is 8.40. The lowest BCUT2D eigenvalue weighted by Gasteiger charge is -2.54. The second kappa shape index (κ2) is 5.03. The van der Waals surface area contributed by atoms with Crippen LogP contribution in [-0.4, -0.2) is 17.3 Å². The molecule has 1 spiro atoms. The number of carbonyl (C=O) groups is 3. The van der Waals surface area contributed by atoms with Gasteiger partial charge in [-0.1, -0.05) is 6.92 Å². The van der Waals surface area contributed by atoms with Gasteiger partial charge in [-0.25, -0.2) is 0 Å². The van der Waals surface area contributed by atoms with Crippen molar-refractivity contribution < 1.29 is 14.4 Å². The van der Waals surface area contributed by atoms with E-state index in [1.165, 1.54) is 0 Å². The van der Waals surface area contributed by atoms with Gasteiger partial charge in [0, 0.05) is 31.6 Å². The summed E-state index contributed by atoms with van der Waals surface area (Å²) in [7, 11) is 0. The SMILES string of the molecule is CC(=O)CCC[C@@]1(C)CC(=O)C[C@H]2C[C@@H]3C[C@@]21CCC3=O. The molecule has 3 nitrogen and oxygen atoms in total. The largest absolute Gasteiger partial charge is 0.300 e. The van der Waals surface area contributed by atoms with Gasteiger partial charge in [-0.15, -0.1) is 0 Å². The highest BCUT2D eigenvalue weighted by Crippen LogP contribution is 2.67. The van der Waals surface area contributed by atoms with Crippen LogP contribution in [0.4, 0.5) is 0 Å². The molecule has 0 aromatic heterocycles. The summed E-state index contributed by atoms with van der Waals surface area (Å²) in [6, 6.07) is 0. The number of hydrogen-bond donors (Lipinski definition) is 0. The summed E-state index contributed by atoms with van der Waals surface area (Å²) >= 11 is 0. The topological polar surface area (TPSA) is 51.2 Å². The third-order valence-electron chi connectivity index (χ3n) is 6.75. The molecule has 0 saturated heterocycles. The standard InChI is InChI=1S/C18H26O3/c1-12(19)4-3-6-17(2)11-15(20)9-14-8-13-10-18(14,17)7-5-16(13)21/h13-14H,3-11H2,1-2H3/t13-,14-,17+,18+/m1/s1. The number of hydrogen-bond acceptors (Lipinski definition) is 3. The molecular weight excluding hydrogens is 264 g/mol. The predicted octanol–water partition coefficient (Wildman–Crippen LogP) is 3.49. The summed E-state index contributed by atoms with van der Waals surface area (Å²) in [6.07, 6.45) is 7.41. The van der Waals surface area contributed by atoms with E-state index in [0.29, 0.717) is 43.2 Å². The summed E-state index contributed by atoms with van der Waals surface area (Å²) < 4.78 is 0. The van der Waals surface area contributed by atoms with E-state index in [2.05, 4.69) is 6.92 Å². The Morgan fingerprint density at radius 2 is 2.10 bits per heavy atom. The first kappa shape index (κ1) is 14.9. The van der Waals surface area contributed by atoms with E-state index >= 15 is 0 Å². The average molecular weight is 290 g/mol. The van der Waals surface area contributed by atoms with Gasteiger partial charge in [0.05, 0.1) is 0 Å². The predicted molar refractivity (Wildman–Crippen MR) is 79.8 cm³/mol. The summed E-state index contributed by atoms with van der Waals surface area (Å²) in [6.45, 7) is 3.90. The number of Topliss-reactive ketones (excluding diaryl/α,β-unsaturated/α-hetero) is 3. The maximum Gasteiger partial charge on any atom is 0.136 e. The zero-order valence-electron chi connectivity index (χ0n) is 13.2. The molecule has 3 aliphatic rings. The van der Waals surface area contributed by atoms with Gasteiger partial charge in [0.25, 0.3) is 0 Å².